The number of rotatable bonds is 4. The van der Waals surface area contributed by atoms with Crippen molar-refractivity contribution in [1.29, 1.82) is 5.26 Å². The van der Waals surface area contributed by atoms with E-state index in [0.717, 1.165) is 11.1 Å². The van der Waals surface area contributed by atoms with E-state index in [-0.39, 0.29) is 11.8 Å². The molecular formula is C18H17N3O2. The lowest BCUT2D eigenvalue weighted by molar-refractivity contribution is -0.114. The summed E-state index contributed by atoms with van der Waals surface area (Å²) in [4.78, 5) is 23.2. The van der Waals surface area contributed by atoms with Crippen LogP contribution in [0.5, 0.6) is 0 Å². The van der Waals surface area contributed by atoms with Crippen molar-refractivity contribution in [3.63, 3.8) is 0 Å². The molecule has 0 radical (unpaired) electrons. The molecule has 1 unspecified atom stereocenters. The molecule has 0 aromatic heterocycles. The van der Waals surface area contributed by atoms with Crippen LogP contribution in [0, 0.1) is 18.3 Å². The van der Waals surface area contributed by atoms with Crippen LogP contribution in [0.15, 0.2) is 48.5 Å². The molecule has 0 aliphatic carbocycles. The molecule has 0 saturated heterocycles. The molecular weight excluding hydrogens is 290 g/mol. The van der Waals surface area contributed by atoms with Crippen molar-refractivity contribution in [3.8, 4) is 6.07 Å². The average Bonchev–Trinajstić information content (AvgIpc) is 2.53. The fourth-order valence-corrected chi connectivity index (χ4v) is 2.07. The Kier molecular flexibility index (Phi) is 5.11. The second-order valence-corrected chi connectivity index (χ2v) is 5.20. The van der Waals surface area contributed by atoms with Gasteiger partial charge >= 0.3 is 0 Å². The van der Waals surface area contributed by atoms with Crippen LogP contribution in [-0.2, 0) is 4.79 Å². The fraction of sp³-hybridized carbons (Fsp3) is 0.167. The first-order chi connectivity index (χ1) is 11.0. The molecule has 2 rings (SSSR count). The number of nitrogens with one attached hydrogen (secondary N) is 2. The van der Waals surface area contributed by atoms with Crippen LogP contribution in [-0.4, -0.2) is 11.8 Å². The zero-order chi connectivity index (χ0) is 16.8. The number of aryl methyl sites for hydroxylation is 1. The summed E-state index contributed by atoms with van der Waals surface area (Å²) in [6.07, 6.45) is 0. The van der Waals surface area contributed by atoms with Crippen LogP contribution < -0.4 is 10.6 Å². The van der Waals surface area contributed by atoms with Gasteiger partial charge in [0.25, 0.3) is 5.91 Å². The van der Waals surface area contributed by atoms with Crippen LogP contribution in [0.4, 0.5) is 5.69 Å². The van der Waals surface area contributed by atoms with Crippen LogP contribution in [0.3, 0.4) is 0 Å². The maximum absolute atomic E-state index is 12.2. The molecule has 116 valence electrons. The Bertz CT molecular complexity index is 743. The van der Waals surface area contributed by atoms with Crippen LogP contribution in [0.2, 0.25) is 0 Å². The predicted molar refractivity (Wildman–Crippen MR) is 87.7 cm³/mol. The van der Waals surface area contributed by atoms with Gasteiger partial charge in [0.1, 0.15) is 6.04 Å². The molecule has 0 heterocycles. The van der Waals surface area contributed by atoms with Gasteiger partial charge in [0, 0.05) is 18.2 Å². The molecule has 0 saturated carbocycles. The van der Waals surface area contributed by atoms with E-state index in [1.165, 1.54) is 6.92 Å². The Labute approximate surface area is 134 Å². The van der Waals surface area contributed by atoms with E-state index in [1.807, 2.05) is 31.2 Å². The van der Waals surface area contributed by atoms with Gasteiger partial charge in [-0.1, -0.05) is 29.8 Å². The fourth-order valence-electron chi connectivity index (χ4n) is 2.07. The summed E-state index contributed by atoms with van der Waals surface area (Å²) in [6, 6.07) is 15.3. The summed E-state index contributed by atoms with van der Waals surface area (Å²) in [6.45, 7) is 3.38. The highest BCUT2D eigenvalue weighted by Gasteiger charge is 2.15. The van der Waals surface area contributed by atoms with Gasteiger partial charge in [0.15, 0.2) is 0 Å². The molecule has 2 N–H and O–H groups in total. The smallest absolute Gasteiger partial charge is 0.252 e. The van der Waals surface area contributed by atoms with Gasteiger partial charge in [-0.3, -0.25) is 9.59 Å². The Hall–Kier alpha value is -3.13. The Morgan fingerprint density at radius 1 is 1.04 bits per heavy atom. The third-order valence-corrected chi connectivity index (χ3v) is 3.28. The molecule has 2 amide bonds. The van der Waals surface area contributed by atoms with Gasteiger partial charge in [-0.05, 0) is 36.8 Å². The van der Waals surface area contributed by atoms with E-state index in [1.54, 1.807) is 24.3 Å². The molecule has 0 aliphatic rings. The van der Waals surface area contributed by atoms with E-state index in [0.29, 0.717) is 11.3 Å². The summed E-state index contributed by atoms with van der Waals surface area (Å²) in [5.74, 6) is -0.516. The topological polar surface area (TPSA) is 82.0 Å². The van der Waals surface area contributed by atoms with Gasteiger partial charge in [-0.2, -0.15) is 5.26 Å². The van der Waals surface area contributed by atoms with Crippen molar-refractivity contribution in [2.75, 3.05) is 5.32 Å². The number of carbonyl (C=O) groups excluding carboxylic acids is 2. The molecule has 1 atom stereocenters. The summed E-state index contributed by atoms with van der Waals surface area (Å²) in [5, 5.41) is 14.6. The second kappa shape index (κ2) is 7.23. The summed E-state index contributed by atoms with van der Waals surface area (Å²) >= 11 is 0. The number of hydrogen-bond acceptors (Lipinski definition) is 3. The number of benzene rings is 2. The molecule has 5 nitrogen and oxygen atoms in total. The van der Waals surface area contributed by atoms with Crippen molar-refractivity contribution < 1.29 is 9.59 Å². The number of hydrogen-bond donors (Lipinski definition) is 2. The zero-order valence-electron chi connectivity index (χ0n) is 13.0. The summed E-state index contributed by atoms with van der Waals surface area (Å²) in [7, 11) is 0. The number of carbonyl (C=O) groups is 2. The normalized spacial score (nSPS) is 11.2. The van der Waals surface area contributed by atoms with Crippen molar-refractivity contribution in [3.05, 3.63) is 65.2 Å². The van der Waals surface area contributed by atoms with Crippen molar-refractivity contribution >= 4 is 17.5 Å². The van der Waals surface area contributed by atoms with Gasteiger partial charge in [-0.15, -0.1) is 0 Å². The van der Waals surface area contributed by atoms with Crippen LogP contribution in [0.25, 0.3) is 0 Å². The van der Waals surface area contributed by atoms with Gasteiger partial charge in [0.05, 0.1) is 6.07 Å². The molecule has 2 aromatic carbocycles. The zero-order valence-corrected chi connectivity index (χ0v) is 13.0. The monoisotopic (exact) mass is 307 g/mol. The molecule has 0 bridgehead atoms. The molecule has 0 spiro atoms. The highest BCUT2D eigenvalue weighted by Crippen LogP contribution is 2.15. The minimum Gasteiger partial charge on any atom is -0.333 e. The number of nitriles is 1. The minimum atomic E-state index is -0.710. The van der Waals surface area contributed by atoms with E-state index < -0.39 is 6.04 Å². The first-order valence-corrected chi connectivity index (χ1v) is 7.14. The second-order valence-electron chi connectivity index (χ2n) is 5.20. The van der Waals surface area contributed by atoms with E-state index in [4.69, 9.17) is 0 Å². The lowest BCUT2D eigenvalue weighted by atomic mass is 10.1. The van der Waals surface area contributed by atoms with Crippen LogP contribution in [0.1, 0.15) is 34.5 Å². The molecule has 0 fully saturated rings. The third-order valence-electron chi connectivity index (χ3n) is 3.28. The Morgan fingerprint density at radius 2 is 1.65 bits per heavy atom. The van der Waals surface area contributed by atoms with E-state index in [2.05, 4.69) is 16.7 Å². The quantitative estimate of drug-likeness (QED) is 0.911. The summed E-state index contributed by atoms with van der Waals surface area (Å²) in [5.41, 5.74) is 2.86. The molecule has 2 aromatic rings. The molecule has 5 heteroatoms. The molecule has 0 aliphatic heterocycles. The van der Waals surface area contributed by atoms with Crippen molar-refractivity contribution in [1.82, 2.24) is 5.32 Å². The van der Waals surface area contributed by atoms with E-state index >= 15 is 0 Å². The first-order valence-electron chi connectivity index (χ1n) is 7.14. The Balaban J connectivity index is 2.09. The number of nitrogens with zero attached hydrogens (tertiary/aromatic N) is 1. The largest absolute Gasteiger partial charge is 0.333 e. The number of anilines is 1. The predicted octanol–water partition coefficient (Wildman–Crippen LogP) is 2.95. The maximum Gasteiger partial charge on any atom is 0.252 e. The SMILES string of the molecule is CC(=O)Nc1ccc(C(=O)NC(C#N)c2ccc(C)cc2)cc1. The third kappa shape index (κ3) is 4.42. The van der Waals surface area contributed by atoms with Gasteiger partial charge in [0.2, 0.25) is 5.91 Å². The van der Waals surface area contributed by atoms with E-state index in [9.17, 15) is 14.9 Å². The molecule has 23 heavy (non-hydrogen) atoms. The number of amides is 2. The highest BCUT2D eigenvalue weighted by atomic mass is 16.2. The highest BCUT2D eigenvalue weighted by molar-refractivity contribution is 5.95. The lowest BCUT2D eigenvalue weighted by Gasteiger charge is -2.12. The van der Waals surface area contributed by atoms with Crippen molar-refractivity contribution in [2.45, 2.75) is 19.9 Å². The van der Waals surface area contributed by atoms with Gasteiger partial charge < -0.3 is 10.6 Å². The Morgan fingerprint density at radius 3 is 2.17 bits per heavy atom. The van der Waals surface area contributed by atoms with Crippen LogP contribution >= 0.6 is 0 Å². The van der Waals surface area contributed by atoms with Crippen molar-refractivity contribution in [2.24, 2.45) is 0 Å². The average molecular weight is 307 g/mol. The minimum absolute atomic E-state index is 0.175. The lowest BCUT2D eigenvalue weighted by Crippen LogP contribution is -2.27. The van der Waals surface area contributed by atoms with Gasteiger partial charge in [-0.25, -0.2) is 0 Å². The summed E-state index contributed by atoms with van der Waals surface area (Å²) < 4.78 is 0. The maximum atomic E-state index is 12.2. The first kappa shape index (κ1) is 16.2. The standard InChI is InChI=1S/C18H17N3O2/c1-12-3-5-14(6-4-12)17(11-19)21-18(23)15-7-9-16(10-8-15)20-13(2)22/h3-10,17H,1-2H3,(H,20,22)(H,21,23).